The second-order valence-electron chi connectivity index (χ2n) is 10.7. The van der Waals surface area contributed by atoms with Crippen LogP contribution in [0.25, 0.3) is 0 Å². The second-order valence-corrected chi connectivity index (χ2v) is 13.0. The average molecular weight is 636 g/mol. The highest BCUT2D eigenvalue weighted by molar-refractivity contribution is 7.92. The van der Waals surface area contributed by atoms with Crippen molar-refractivity contribution in [3.05, 3.63) is 131 Å². The molecule has 44 heavy (non-hydrogen) atoms. The van der Waals surface area contributed by atoms with Gasteiger partial charge in [-0.15, -0.1) is 0 Å². The van der Waals surface area contributed by atoms with Crippen molar-refractivity contribution in [1.82, 2.24) is 10.2 Å². The van der Waals surface area contributed by atoms with Crippen LogP contribution in [0.5, 0.6) is 0 Å². The summed E-state index contributed by atoms with van der Waals surface area (Å²) in [6.07, 6.45) is 0.175. The summed E-state index contributed by atoms with van der Waals surface area (Å²) in [4.78, 5) is 29.5. The molecule has 4 aromatic carbocycles. The van der Waals surface area contributed by atoms with Crippen LogP contribution < -0.4 is 9.62 Å². The van der Waals surface area contributed by atoms with Gasteiger partial charge in [0.2, 0.25) is 11.8 Å². The minimum Gasteiger partial charge on any atom is -0.352 e. The van der Waals surface area contributed by atoms with Gasteiger partial charge in [-0.3, -0.25) is 13.9 Å². The quantitative estimate of drug-likeness (QED) is 0.202. The molecule has 7 nitrogen and oxygen atoms in total. The maximum absolute atomic E-state index is 14.4. The molecule has 230 valence electrons. The molecule has 0 aliphatic rings. The molecule has 0 aliphatic carbocycles. The fourth-order valence-electron chi connectivity index (χ4n) is 4.82. The summed E-state index contributed by atoms with van der Waals surface area (Å²) >= 11 is 6.40. The minimum atomic E-state index is -4.25. The van der Waals surface area contributed by atoms with E-state index in [9.17, 15) is 22.4 Å². The lowest BCUT2D eigenvalue weighted by Crippen LogP contribution is -2.54. The van der Waals surface area contributed by atoms with Crippen LogP contribution >= 0.6 is 11.6 Å². The average Bonchev–Trinajstić information content (AvgIpc) is 3.00. The van der Waals surface area contributed by atoms with Gasteiger partial charge in [-0.25, -0.2) is 12.8 Å². The van der Waals surface area contributed by atoms with Crippen molar-refractivity contribution in [2.75, 3.05) is 10.8 Å². The van der Waals surface area contributed by atoms with E-state index in [2.05, 4.69) is 5.32 Å². The monoisotopic (exact) mass is 635 g/mol. The molecule has 0 radical (unpaired) electrons. The van der Waals surface area contributed by atoms with Crippen molar-refractivity contribution in [1.29, 1.82) is 0 Å². The van der Waals surface area contributed by atoms with Crippen molar-refractivity contribution in [3.8, 4) is 0 Å². The van der Waals surface area contributed by atoms with Gasteiger partial charge in [0.1, 0.15) is 18.4 Å². The molecule has 4 aromatic rings. The Kier molecular flexibility index (Phi) is 10.8. The zero-order chi connectivity index (χ0) is 31.9. The van der Waals surface area contributed by atoms with Crippen LogP contribution in [-0.4, -0.2) is 43.8 Å². The Morgan fingerprint density at radius 3 is 2.07 bits per heavy atom. The van der Waals surface area contributed by atoms with Gasteiger partial charge >= 0.3 is 0 Å². The number of carbonyl (C=O) groups is 2. The molecule has 0 aromatic heterocycles. The molecule has 0 aliphatic heterocycles. The van der Waals surface area contributed by atoms with Crippen LogP contribution in [0.2, 0.25) is 5.02 Å². The van der Waals surface area contributed by atoms with Crippen molar-refractivity contribution in [2.24, 2.45) is 0 Å². The third kappa shape index (κ3) is 8.03. The lowest BCUT2D eigenvalue weighted by atomic mass is 10.0. The van der Waals surface area contributed by atoms with Crippen molar-refractivity contribution in [3.63, 3.8) is 0 Å². The molecule has 0 heterocycles. The largest absolute Gasteiger partial charge is 0.352 e. The molecule has 0 saturated heterocycles. The first-order valence-electron chi connectivity index (χ1n) is 14.2. The summed E-state index contributed by atoms with van der Waals surface area (Å²) < 4.78 is 43.0. The van der Waals surface area contributed by atoms with Crippen LogP contribution in [0.1, 0.15) is 30.5 Å². The highest BCUT2D eigenvalue weighted by atomic mass is 35.5. The fourth-order valence-corrected chi connectivity index (χ4v) is 6.48. The zero-order valence-corrected chi connectivity index (χ0v) is 26.4. The van der Waals surface area contributed by atoms with Gasteiger partial charge in [0.25, 0.3) is 10.0 Å². The van der Waals surface area contributed by atoms with E-state index in [4.69, 9.17) is 11.6 Å². The molecule has 0 fully saturated rings. The van der Waals surface area contributed by atoms with E-state index in [1.54, 1.807) is 43.3 Å². The lowest BCUT2D eigenvalue weighted by molar-refractivity contribution is -0.140. The van der Waals surface area contributed by atoms with E-state index in [1.165, 1.54) is 41.3 Å². The van der Waals surface area contributed by atoms with Crippen molar-refractivity contribution in [2.45, 2.75) is 50.7 Å². The van der Waals surface area contributed by atoms with Gasteiger partial charge in [-0.1, -0.05) is 78.3 Å². The minimum absolute atomic E-state index is 0.00403. The number of anilines is 1. The summed E-state index contributed by atoms with van der Waals surface area (Å²) in [5.41, 5.74) is 2.10. The van der Waals surface area contributed by atoms with E-state index in [-0.39, 0.29) is 29.6 Å². The Morgan fingerprint density at radius 1 is 0.841 bits per heavy atom. The van der Waals surface area contributed by atoms with Gasteiger partial charge in [-0.05, 0) is 73.9 Å². The third-order valence-electron chi connectivity index (χ3n) is 7.09. The Morgan fingerprint density at radius 2 is 1.45 bits per heavy atom. The fraction of sp³-hybridized carbons (Fsp3) is 0.235. The number of rotatable bonds is 12. The van der Waals surface area contributed by atoms with Crippen LogP contribution in [0.3, 0.4) is 0 Å². The molecule has 2 amide bonds. The SMILES string of the molecule is Cc1c(Cl)cccc1N(CC(=O)N(Cc1ccc(F)cc1)C(Cc1ccccc1)C(=O)NC(C)C)S(=O)(=O)c1ccccc1. The molecule has 1 N–H and O–H groups in total. The number of benzene rings is 4. The first-order valence-corrected chi connectivity index (χ1v) is 16.0. The molecular weight excluding hydrogens is 601 g/mol. The molecule has 4 rings (SSSR count). The van der Waals surface area contributed by atoms with Crippen molar-refractivity contribution < 1.29 is 22.4 Å². The van der Waals surface area contributed by atoms with E-state index < -0.39 is 40.2 Å². The van der Waals surface area contributed by atoms with Crippen LogP contribution in [0, 0.1) is 12.7 Å². The van der Waals surface area contributed by atoms with Gasteiger partial charge in [0.15, 0.2) is 0 Å². The number of nitrogens with zero attached hydrogens (tertiary/aromatic N) is 2. The summed E-state index contributed by atoms with van der Waals surface area (Å²) in [7, 11) is -4.25. The third-order valence-corrected chi connectivity index (χ3v) is 9.27. The summed E-state index contributed by atoms with van der Waals surface area (Å²) in [6.45, 7) is 4.65. The molecule has 0 saturated carbocycles. The Labute approximate surface area is 263 Å². The maximum atomic E-state index is 14.4. The Bertz CT molecular complexity index is 1690. The number of amides is 2. The first kappa shape index (κ1) is 32.7. The lowest BCUT2D eigenvalue weighted by Gasteiger charge is -2.34. The predicted octanol–water partition coefficient (Wildman–Crippen LogP) is 6.15. The highest BCUT2D eigenvalue weighted by Gasteiger charge is 2.35. The normalized spacial score (nSPS) is 12.0. The van der Waals surface area contributed by atoms with Gasteiger partial charge in [0, 0.05) is 24.0 Å². The topological polar surface area (TPSA) is 86.8 Å². The van der Waals surface area contributed by atoms with Crippen LogP contribution in [0.15, 0.2) is 108 Å². The van der Waals surface area contributed by atoms with E-state index >= 15 is 0 Å². The molecule has 10 heteroatoms. The molecule has 1 atom stereocenters. The van der Waals surface area contributed by atoms with Crippen LogP contribution in [0.4, 0.5) is 10.1 Å². The van der Waals surface area contributed by atoms with Crippen LogP contribution in [-0.2, 0) is 32.6 Å². The number of carbonyl (C=O) groups excluding carboxylic acids is 2. The van der Waals surface area contributed by atoms with Gasteiger partial charge < -0.3 is 10.2 Å². The summed E-state index contributed by atoms with van der Waals surface area (Å²) in [6, 6.07) is 26.3. The zero-order valence-electron chi connectivity index (χ0n) is 24.8. The van der Waals surface area contributed by atoms with Gasteiger partial charge in [-0.2, -0.15) is 0 Å². The number of nitrogens with one attached hydrogen (secondary N) is 1. The standard InChI is InChI=1S/C34H35ClFN3O4S/c1-24(2)37-34(41)32(21-26-11-6-4-7-12-26)38(22-27-17-19-28(36)20-18-27)33(40)23-39(31-16-10-15-30(35)25(31)3)44(42,43)29-13-8-5-9-14-29/h4-20,24,32H,21-23H2,1-3H3,(H,37,41). The Hall–Kier alpha value is -4.21. The smallest absolute Gasteiger partial charge is 0.264 e. The van der Waals surface area contributed by atoms with E-state index in [0.29, 0.717) is 16.1 Å². The molecular formula is C34H35ClFN3O4S. The first-order chi connectivity index (χ1) is 21.0. The number of halogens is 2. The molecule has 0 bridgehead atoms. The van der Waals surface area contributed by atoms with Gasteiger partial charge in [0.05, 0.1) is 10.6 Å². The second kappa shape index (κ2) is 14.5. The maximum Gasteiger partial charge on any atom is 0.264 e. The number of sulfonamides is 1. The van der Waals surface area contributed by atoms with E-state index in [0.717, 1.165) is 9.87 Å². The molecule has 0 spiro atoms. The summed E-state index contributed by atoms with van der Waals surface area (Å²) in [5.74, 6) is -1.45. The number of hydrogen-bond acceptors (Lipinski definition) is 4. The number of hydrogen-bond donors (Lipinski definition) is 1. The highest BCUT2D eigenvalue weighted by Crippen LogP contribution is 2.31. The summed E-state index contributed by atoms with van der Waals surface area (Å²) in [5, 5.41) is 3.25. The molecule has 1 unspecified atom stereocenters. The predicted molar refractivity (Wildman–Crippen MR) is 171 cm³/mol. The Balaban J connectivity index is 1.82. The van der Waals surface area contributed by atoms with Crippen molar-refractivity contribution >= 4 is 39.1 Å². The van der Waals surface area contributed by atoms with E-state index in [1.807, 2.05) is 44.2 Å².